The molecule has 2 nitrogen and oxygen atoms in total. The maximum absolute atomic E-state index is 8.82. The molecule has 0 atom stereocenters. The van der Waals surface area contributed by atoms with Crippen LogP contribution in [0.2, 0.25) is 5.02 Å². The van der Waals surface area contributed by atoms with E-state index in [2.05, 4.69) is 17.1 Å². The number of nitrogens with one attached hydrogen (secondary N) is 1. The predicted molar refractivity (Wildman–Crippen MR) is 73.5 cm³/mol. The van der Waals surface area contributed by atoms with E-state index in [0.29, 0.717) is 10.6 Å². The van der Waals surface area contributed by atoms with Gasteiger partial charge >= 0.3 is 0 Å². The molecule has 0 saturated heterocycles. The van der Waals surface area contributed by atoms with Gasteiger partial charge in [-0.1, -0.05) is 35.9 Å². The van der Waals surface area contributed by atoms with Crippen molar-refractivity contribution in [3.05, 3.63) is 59.1 Å². The Morgan fingerprint density at radius 3 is 2.61 bits per heavy atom. The van der Waals surface area contributed by atoms with Crippen LogP contribution in [0.3, 0.4) is 0 Å². The summed E-state index contributed by atoms with van der Waals surface area (Å²) in [5.74, 6) is 0. The summed E-state index contributed by atoms with van der Waals surface area (Å²) >= 11 is 6.20. The van der Waals surface area contributed by atoms with Crippen molar-refractivity contribution < 1.29 is 0 Å². The van der Waals surface area contributed by atoms with Gasteiger partial charge in [-0.25, -0.2) is 0 Å². The molecule has 3 aromatic rings. The topological polar surface area (TPSA) is 39.6 Å². The van der Waals surface area contributed by atoms with Gasteiger partial charge in [-0.2, -0.15) is 5.26 Å². The molecule has 1 aromatic heterocycles. The number of aromatic nitrogens is 1. The zero-order valence-corrected chi connectivity index (χ0v) is 10.2. The number of halogens is 1. The first-order valence-corrected chi connectivity index (χ1v) is 5.93. The van der Waals surface area contributed by atoms with E-state index in [1.165, 1.54) is 0 Å². The fourth-order valence-corrected chi connectivity index (χ4v) is 2.30. The number of para-hydroxylation sites is 1. The Kier molecular flexibility index (Phi) is 2.55. The number of hydrogen-bond acceptors (Lipinski definition) is 1. The highest BCUT2D eigenvalue weighted by molar-refractivity contribution is 6.33. The molecule has 1 heterocycles. The lowest BCUT2D eigenvalue weighted by atomic mass is 10.1. The molecule has 0 aliphatic heterocycles. The second kappa shape index (κ2) is 4.21. The number of rotatable bonds is 1. The highest BCUT2D eigenvalue weighted by Crippen LogP contribution is 2.30. The van der Waals surface area contributed by atoms with Gasteiger partial charge in [0.1, 0.15) is 0 Å². The number of nitrogens with zero attached hydrogens (tertiary/aromatic N) is 1. The molecule has 3 rings (SSSR count). The molecular weight excluding hydrogens is 244 g/mol. The van der Waals surface area contributed by atoms with Crippen LogP contribution in [0.25, 0.3) is 22.2 Å². The fraction of sp³-hybridized carbons (Fsp3) is 0. The van der Waals surface area contributed by atoms with Gasteiger partial charge in [0.15, 0.2) is 0 Å². The summed E-state index contributed by atoms with van der Waals surface area (Å²) in [4.78, 5) is 3.32. The van der Waals surface area contributed by atoms with Gasteiger partial charge in [0, 0.05) is 22.2 Å². The molecule has 0 spiro atoms. The first-order valence-electron chi connectivity index (χ1n) is 5.56. The quantitative estimate of drug-likeness (QED) is 0.687. The minimum Gasteiger partial charge on any atom is -0.354 e. The minimum atomic E-state index is 0.569. The lowest BCUT2D eigenvalue weighted by Gasteiger charge is -2.01. The van der Waals surface area contributed by atoms with Crippen LogP contribution >= 0.6 is 11.6 Å². The van der Waals surface area contributed by atoms with E-state index in [1.54, 1.807) is 12.1 Å². The van der Waals surface area contributed by atoms with E-state index in [-0.39, 0.29) is 0 Å². The van der Waals surface area contributed by atoms with E-state index in [4.69, 9.17) is 16.9 Å². The van der Waals surface area contributed by atoms with Crippen LogP contribution in [0.4, 0.5) is 0 Å². The van der Waals surface area contributed by atoms with Crippen LogP contribution in [-0.2, 0) is 0 Å². The number of aromatic amines is 1. The smallest absolute Gasteiger partial charge is 0.0992 e. The number of benzene rings is 2. The maximum Gasteiger partial charge on any atom is 0.0992 e. The normalized spacial score (nSPS) is 10.4. The van der Waals surface area contributed by atoms with Gasteiger partial charge < -0.3 is 4.98 Å². The average molecular weight is 253 g/mol. The largest absolute Gasteiger partial charge is 0.354 e. The summed E-state index contributed by atoms with van der Waals surface area (Å²) in [5.41, 5.74) is 3.52. The molecule has 0 aliphatic rings. The van der Waals surface area contributed by atoms with Crippen molar-refractivity contribution in [1.82, 2.24) is 4.98 Å². The fourth-order valence-electron chi connectivity index (χ4n) is 2.02. The molecule has 2 aromatic carbocycles. The zero-order chi connectivity index (χ0) is 12.5. The Hall–Kier alpha value is -2.24. The average Bonchev–Trinajstić information content (AvgIpc) is 2.81. The molecular formula is C15H9ClN2. The summed E-state index contributed by atoms with van der Waals surface area (Å²) in [6, 6.07) is 17.5. The first kappa shape index (κ1) is 10.9. The molecule has 0 aliphatic carbocycles. The lowest BCUT2D eigenvalue weighted by Crippen LogP contribution is -1.81. The third-order valence-electron chi connectivity index (χ3n) is 2.92. The Morgan fingerprint density at radius 1 is 1.06 bits per heavy atom. The lowest BCUT2D eigenvalue weighted by molar-refractivity contribution is 1.44. The van der Waals surface area contributed by atoms with Crippen molar-refractivity contribution in [3.8, 4) is 17.3 Å². The highest BCUT2D eigenvalue weighted by Gasteiger charge is 2.07. The molecule has 0 unspecified atom stereocenters. The highest BCUT2D eigenvalue weighted by atomic mass is 35.5. The Labute approximate surface area is 109 Å². The molecule has 0 fully saturated rings. The maximum atomic E-state index is 8.82. The van der Waals surface area contributed by atoms with Gasteiger partial charge in [0.2, 0.25) is 0 Å². The molecule has 1 N–H and O–H groups in total. The van der Waals surface area contributed by atoms with Gasteiger partial charge in [-0.05, 0) is 24.3 Å². The molecule has 3 heteroatoms. The van der Waals surface area contributed by atoms with E-state index in [1.807, 2.05) is 30.3 Å². The van der Waals surface area contributed by atoms with Gasteiger partial charge in [-0.15, -0.1) is 0 Å². The van der Waals surface area contributed by atoms with Crippen molar-refractivity contribution in [2.45, 2.75) is 0 Å². The van der Waals surface area contributed by atoms with Crippen molar-refractivity contribution >= 4 is 22.5 Å². The van der Waals surface area contributed by atoms with Crippen molar-refractivity contribution in [2.75, 3.05) is 0 Å². The van der Waals surface area contributed by atoms with Crippen molar-refractivity contribution in [3.63, 3.8) is 0 Å². The number of hydrogen-bond donors (Lipinski definition) is 1. The van der Waals surface area contributed by atoms with Crippen LogP contribution in [-0.4, -0.2) is 4.98 Å². The third-order valence-corrected chi connectivity index (χ3v) is 3.23. The standard InChI is InChI=1S/C15H9ClN2/c16-13-7-10(9-17)5-6-12(13)15-8-11-3-1-2-4-14(11)18-15/h1-8,18H. The van der Waals surface area contributed by atoms with Crippen LogP contribution in [0.5, 0.6) is 0 Å². The Bertz CT molecular complexity index is 733. The molecule has 86 valence electrons. The molecule has 18 heavy (non-hydrogen) atoms. The molecule has 0 saturated carbocycles. The second-order valence-electron chi connectivity index (χ2n) is 4.08. The molecule has 0 amide bonds. The number of fused-ring (bicyclic) bond motifs is 1. The monoisotopic (exact) mass is 252 g/mol. The number of H-pyrrole nitrogens is 1. The van der Waals surface area contributed by atoms with Crippen LogP contribution in [0, 0.1) is 11.3 Å². The summed E-state index contributed by atoms with van der Waals surface area (Å²) in [5, 5.41) is 10.6. The summed E-state index contributed by atoms with van der Waals surface area (Å²) in [6.07, 6.45) is 0. The molecule has 0 bridgehead atoms. The van der Waals surface area contributed by atoms with E-state index >= 15 is 0 Å². The minimum absolute atomic E-state index is 0.569. The number of nitriles is 1. The van der Waals surface area contributed by atoms with Gasteiger partial charge in [0.25, 0.3) is 0 Å². The zero-order valence-electron chi connectivity index (χ0n) is 9.44. The third kappa shape index (κ3) is 1.75. The Balaban J connectivity index is 2.17. The van der Waals surface area contributed by atoms with E-state index < -0.39 is 0 Å². The van der Waals surface area contributed by atoms with Crippen molar-refractivity contribution in [2.24, 2.45) is 0 Å². The van der Waals surface area contributed by atoms with E-state index in [9.17, 15) is 0 Å². The van der Waals surface area contributed by atoms with Crippen LogP contribution in [0.15, 0.2) is 48.5 Å². The summed E-state index contributed by atoms with van der Waals surface area (Å²) in [7, 11) is 0. The van der Waals surface area contributed by atoms with Crippen molar-refractivity contribution in [1.29, 1.82) is 5.26 Å². The van der Waals surface area contributed by atoms with Crippen LogP contribution in [0.1, 0.15) is 5.56 Å². The predicted octanol–water partition coefficient (Wildman–Crippen LogP) is 4.36. The van der Waals surface area contributed by atoms with E-state index in [0.717, 1.165) is 22.2 Å². The SMILES string of the molecule is N#Cc1ccc(-c2cc3ccccc3[nH]2)c(Cl)c1. The summed E-state index contributed by atoms with van der Waals surface area (Å²) < 4.78 is 0. The summed E-state index contributed by atoms with van der Waals surface area (Å²) in [6.45, 7) is 0. The van der Waals surface area contributed by atoms with Gasteiger partial charge in [0.05, 0.1) is 16.7 Å². The Morgan fingerprint density at radius 2 is 1.89 bits per heavy atom. The van der Waals surface area contributed by atoms with Gasteiger partial charge in [-0.3, -0.25) is 0 Å². The van der Waals surface area contributed by atoms with Crippen LogP contribution < -0.4 is 0 Å². The second-order valence-corrected chi connectivity index (χ2v) is 4.48. The first-order chi connectivity index (χ1) is 8.78. The molecule has 0 radical (unpaired) electrons.